The van der Waals surface area contributed by atoms with Gasteiger partial charge < -0.3 is 24.6 Å². The minimum absolute atomic E-state index is 0.0146. The van der Waals surface area contributed by atoms with Gasteiger partial charge in [-0.25, -0.2) is 0 Å². The number of carbonyl (C=O) groups excluding carboxylic acids is 2. The standard InChI is InChI=1S/C33H60N2O6/c1-3-4-5-6-7-8-9-10-11-12-13-14-15-16-17-18-33(39)41-26-22-35(21-25-40-2)32(38)29-34-27-30(19-23-36)31(28-34)20-24-37/h7-8,10-11,30-31,36-37H,3-6,9,12-29H2,1-2H3/b8-7-,11-10-/t30-,31+. The Morgan fingerprint density at radius 3 is 2.02 bits per heavy atom. The summed E-state index contributed by atoms with van der Waals surface area (Å²) in [6.45, 7) is 5.67. The van der Waals surface area contributed by atoms with Crippen molar-refractivity contribution in [3.05, 3.63) is 24.3 Å². The highest BCUT2D eigenvalue weighted by molar-refractivity contribution is 5.78. The molecule has 2 N–H and O–H groups in total. The summed E-state index contributed by atoms with van der Waals surface area (Å²) in [5, 5.41) is 18.7. The van der Waals surface area contributed by atoms with E-state index in [1.54, 1.807) is 12.0 Å². The molecule has 1 rings (SSSR count). The summed E-state index contributed by atoms with van der Waals surface area (Å²) in [5.41, 5.74) is 0. The third-order valence-corrected chi connectivity index (χ3v) is 7.88. The van der Waals surface area contributed by atoms with Crippen molar-refractivity contribution in [3.63, 3.8) is 0 Å². The van der Waals surface area contributed by atoms with Crippen LogP contribution in [0.2, 0.25) is 0 Å². The van der Waals surface area contributed by atoms with E-state index in [2.05, 4.69) is 36.1 Å². The number of likely N-dealkylation sites (tertiary alicyclic amines) is 1. The number of carbonyl (C=O) groups is 2. The van der Waals surface area contributed by atoms with Crippen molar-refractivity contribution in [2.45, 2.75) is 96.8 Å². The molecule has 1 aliphatic heterocycles. The number of hydrogen-bond acceptors (Lipinski definition) is 7. The van der Waals surface area contributed by atoms with Gasteiger partial charge in [0.15, 0.2) is 0 Å². The molecule has 1 amide bonds. The first-order valence-electron chi connectivity index (χ1n) is 16.2. The number of allylic oxidation sites excluding steroid dienone is 4. The van der Waals surface area contributed by atoms with Gasteiger partial charge in [0.1, 0.15) is 6.61 Å². The molecule has 0 bridgehead atoms. The van der Waals surface area contributed by atoms with E-state index in [9.17, 15) is 19.8 Å². The van der Waals surface area contributed by atoms with E-state index < -0.39 is 0 Å². The SMILES string of the molecule is CCCCC/C=C\C/C=C\CCCCCCCC(=O)OCCN(CCOC)C(=O)CN1C[C@@H](CCO)[C@@H](CCO)C1. The highest BCUT2D eigenvalue weighted by Crippen LogP contribution is 2.28. The molecule has 0 aliphatic carbocycles. The number of aliphatic hydroxyl groups excluding tert-OH is 2. The molecule has 238 valence electrons. The number of ether oxygens (including phenoxy) is 2. The average Bonchev–Trinajstić information content (AvgIpc) is 3.33. The molecule has 0 aromatic rings. The van der Waals surface area contributed by atoms with Crippen LogP contribution in [0.5, 0.6) is 0 Å². The predicted molar refractivity (Wildman–Crippen MR) is 166 cm³/mol. The van der Waals surface area contributed by atoms with Crippen LogP contribution in [0.4, 0.5) is 0 Å². The second-order valence-electron chi connectivity index (χ2n) is 11.3. The lowest BCUT2D eigenvalue weighted by molar-refractivity contribution is -0.146. The van der Waals surface area contributed by atoms with Crippen LogP contribution < -0.4 is 0 Å². The molecule has 41 heavy (non-hydrogen) atoms. The first-order chi connectivity index (χ1) is 20.0. The maximum Gasteiger partial charge on any atom is 0.305 e. The molecule has 1 heterocycles. The van der Waals surface area contributed by atoms with Crippen molar-refractivity contribution in [1.82, 2.24) is 9.80 Å². The molecule has 8 nitrogen and oxygen atoms in total. The lowest BCUT2D eigenvalue weighted by atomic mass is 9.91. The van der Waals surface area contributed by atoms with Crippen molar-refractivity contribution < 1.29 is 29.3 Å². The zero-order valence-electron chi connectivity index (χ0n) is 26.1. The number of amides is 1. The maximum atomic E-state index is 13.0. The van der Waals surface area contributed by atoms with Gasteiger partial charge in [0.05, 0.1) is 19.7 Å². The number of rotatable bonds is 26. The Morgan fingerprint density at radius 2 is 1.41 bits per heavy atom. The summed E-state index contributed by atoms with van der Waals surface area (Å²) in [6, 6.07) is 0. The van der Waals surface area contributed by atoms with Gasteiger partial charge in [-0.1, -0.05) is 63.3 Å². The topological polar surface area (TPSA) is 99.5 Å². The van der Waals surface area contributed by atoms with Gasteiger partial charge in [-0.15, -0.1) is 0 Å². The van der Waals surface area contributed by atoms with Crippen LogP contribution in [0.3, 0.4) is 0 Å². The highest BCUT2D eigenvalue weighted by Gasteiger charge is 2.33. The third kappa shape index (κ3) is 19.1. The summed E-state index contributed by atoms with van der Waals surface area (Å²) in [4.78, 5) is 29.0. The van der Waals surface area contributed by atoms with Crippen LogP contribution in [0, 0.1) is 11.8 Å². The zero-order chi connectivity index (χ0) is 30.0. The minimum atomic E-state index is -0.201. The molecule has 2 atom stereocenters. The molecule has 1 aliphatic rings. The van der Waals surface area contributed by atoms with Gasteiger partial charge in [-0.2, -0.15) is 0 Å². The van der Waals surface area contributed by atoms with Gasteiger partial charge in [0.25, 0.3) is 0 Å². The van der Waals surface area contributed by atoms with Crippen LogP contribution in [0.15, 0.2) is 24.3 Å². The Kier molecular flexibility index (Phi) is 23.6. The Labute approximate surface area is 250 Å². The fourth-order valence-electron chi connectivity index (χ4n) is 5.43. The van der Waals surface area contributed by atoms with Gasteiger partial charge >= 0.3 is 5.97 Å². The fourth-order valence-corrected chi connectivity index (χ4v) is 5.43. The normalized spacial score (nSPS) is 17.7. The Balaban J connectivity index is 2.17. The van der Waals surface area contributed by atoms with E-state index in [0.29, 0.717) is 50.8 Å². The number of aliphatic hydroxyl groups is 2. The number of hydrogen-bond donors (Lipinski definition) is 2. The highest BCUT2D eigenvalue weighted by atomic mass is 16.5. The van der Waals surface area contributed by atoms with Crippen LogP contribution in [-0.4, -0.2) is 98.2 Å². The van der Waals surface area contributed by atoms with Gasteiger partial charge in [0, 0.05) is 46.4 Å². The van der Waals surface area contributed by atoms with Crippen molar-refractivity contribution in [2.24, 2.45) is 11.8 Å². The lowest BCUT2D eigenvalue weighted by Gasteiger charge is -2.25. The molecule has 1 fully saturated rings. The zero-order valence-corrected chi connectivity index (χ0v) is 26.1. The predicted octanol–water partition coefficient (Wildman–Crippen LogP) is 5.13. The molecule has 1 saturated heterocycles. The minimum Gasteiger partial charge on any atom is -0.464 e. The fraction of sp³-hybridized carbons (Fsp3) is 0.818. The summed E-state index contributed by atoms with van der Waals surface area (Å²) < 4.78 is 10.6. The first kappa shape index (κ1) is 37.3. The molecule has 0 unspecified atom stereocenters. The van der Waals surface area contributed by atoms with E-state index in [1.807, 2.05) is 0 Å². The molecule has 0 spiro atoms. The van der Waals surface area contributed by atoms with Crippen molar-refractivity contribution in [1.29, 1.82) is 0 Å². The molecule has 0 saturated carbocycles. The van der Waals surface area contributed by atoms with E-state index in [-0.39, 0.29) is 38.2 Å². The van der Waals surface area contributed by atoms with Gasteiger partial charge in [0.2, 0.25) is 5.91 Å². The molecule has 8 heteroatoms. The smallest absolute Gasteiger partial charge is 0.305 e. The largest absolute Gasteiger partial charge is 0.464 e. The second-order valence-corrected chi connectivity index (χ2v) is 11.3. The average molecular weight is 581 g/mol. The maximum absolute atomic E-state index is 13.0. The lowest BCUT2D eigenvalue weighted by Crippen LogP contribution is -2.43. The number of esters is 1. The van der Waals surface area contributed by atoms with E-state index >= 15 is 0 Å². The van der Waals surface area contributed by atoms with Crippen LogP contribution in [0.1, 0.15) is 96.8 Å². The summed E-state index contributed by atoms with van der Waals surface area (Å²) in [7, 11) is 1.60. The molecule has 0 aromatic carbocycles. The van der Waals surface area contributed by atoms with Crippen LogP contribution >= 0.6 is 0 Å². The number of nitrogens with zero attached hydrogens (tertiary/aromatic N) is 2. The van der Waals surface area contributed by atoms with E-state index in [0.717, 1.165) is 45.2 Å². The molecular weight excluding hydrogens is 520 g/mol. The monoisotopic (exact) mass is 580 g/mol. The number of unbranched alkanes of at least 4 members (excludes halogenated alkanes) is 8. The molecular formula is C33H60N2O6. The van der Waals surface area contributed by atoms with E-state index in [1.165, 1.54) is 38.5 Å². The Bertz CT molecular complexity index is 700. The Morgan fingerprint density at radius 1 is 0.829 bits per heavy atom. The van der Waals surface area contributed by atoms with Crippen LogP contribution in [0.25, 0.3) is 0 Å². The van der Waals surface area contributed by atoms with Crippen molar-refractivity contribution >= 4 is 11.9 Å². The quantitative estimate of drug-likeness (QED) is 0.0831. The Hall–Kier alpha value is -1.74. The first-order valence-corrected chi connectivity index (χ1v) is 16.2. The summed E-state index contributed by atoms with van der Waals surface area (Å²) in [6.07, 6.45) is 23.5. The van der Waals surface area contributed by atoms with Gasteiger partial charge in [-0.05, 0) is 63.2 Å². The van der Waals surface area contributed by atoms with E-state index in [4.69, 9.17) is 9.47 Å². The molecule has 0 radical (unpaired) electrons. The summed E-state index contributed by atoms with van der Waals surface area (Å²) >= 11 is 0. The van der Waals surface area contributed by atoms with Crippen LogP contribution in [-0.2, 0) is 19.1 Å². The van der Waals surface area contributed by atoms with Crippen molar-refractivity contribution in [3.8, 4) is 0 Å². The third-order valence-electron chi connectivity index (χ3n) is 7.88. The second kappa shape index (κ2) is 25.9. The number of methoxy groups -OCH3 is 1. The van der Waals surface area contributed by atoms with Gasteiger partial charge in [-0.3, -0.25) is 14.5 Å². The molecule has 0 aromatic heterocycles. The summed E-state index contributed by atoms with van der Waals surface area (Å²) in [5.74, 6) is 0.373. The van der Waals surface area contributed by atoms with Crippen molar-refractivity contribution in [2.75, 3.05) is 66.3 Å².